The van der Waals surface area contributed by atoms with Crippen LogP contribution >= 0.6 is 0 Å². The summed E-state index contributed by atoms with van der Waals surface area (Å²) in [6, 6.07) is 17.5. The summed E-state index contributed by atoms with van der Waals surface area (Å²) in [4.78, 5) is 18.8. The van der Waals surface area contributed by atoms with Gasteiger partial charge in [0.05, 0.1) is 0 Å². The first-order chi connectivity index (χ1) is 12.2. The lowest BCUT2D eigenvalue weighted by Gasteiger charge is -2.17. The van der Waals surface area contributed by atoms with Crippen LogP contribution < -0.4 is 10.2 Å². The topological polar surface area (TPSA) is 45.2 Å². The molecule has 4 rings (SSSR count). The van der Waals surface area contributed by atoms with E-state index in [1.807, 2.05) is 24.3 Å². The van der Waals surface area contributed by atoms with E-state index < -0.39 is 0 Å². The summed E-state index contributed by atoms with van der Waals surface area (Å²) in [6.45, 7) is 0.662. The van der Waals surface area contributed by atoms with E-state index in [1.54, 1.807) is 35.4 Å². The maximum absolute atomic E-state index is 13.0. The minimum atomic E-state index is -0.288. The van der Waals surface area contributed by atoms with Crippen molar-refractivity contribution in [2.45, 2.75) is 6.42 Å². The van der Waals surface area contributed by atoms with Crippen molar-refractivity contribution in [2.24, 2.45) is 0 Å². The highest BCUT2D eigenvalue weighted by Gasteiger charge is 2.25. The average Bonchev–Trinajstić information content (AvgIpc) is 3.07. The zero-order chi connectivity index (χ0) is 17.2. The zero-order valence-corrected chi connectivity index (χ0v) is 13.4. The summed E-state index contributed by atoms with van der Waals surface area (Å²) in [5.74, 6) is -0.406. The highest BCUT2D eigenvalue weighted by Crippen LogP contribution is 2.29. The number of pyridine rings is 1. The summed E-state index contributed by atoms with van der Waals surface area (Å²) in [5.41, 5.74) is 3.99. The molecule has 0 atom stereocenters. The molecular formula is C20H16FN3O. The number of carbonyl (C=O) groups is 1. The van der Waals surface area contributed by atoms with Crippen LogP contribution in [0.25, 0.3) is 0 Å². The van der Waals surface area contributed by atoms with Gasteiger partial charge in [0.15, 0.2) is 0 Å². The van der Waals surface area contributed by atoms with E-state index in [0.29, 0.717) is 12.2 Å². The molecule has 2 heterocycles. The third-order valence-electron chi connectivity index (χ3n) is 4.24. The Kier molecular flexibility index (Phi) is 3.90. The second-order valence-electron chi connectivity index (χ2n) is 5.90. The number of hydrogen-bond acceptors (Lipinski definition) is 3. The van der Waals surface area contributed by atoms with Crippen molar-refractivity contribution >= 4 is 23.0 Å². The smallest absolute Gasteiger partial charge is 0.276 e. The van der Waals surface area contributed by atoms with Crippen molar-refractivity contribution in [3.05, 3.63) is 83.9 Å². The minimum absolute atomic E-state index is 0.118. The lowest BCUT2D eigenvalue weighted by molar-refractivity contribution is 0.0984. The molecule has 0 saturated carbocycles. The predicted octanol–water partition coefficient (Wildman–Crippen LogP) is 4.17. The number of amides is 1. The fourth-order valence-electron chi connectivity index (χ4n) is 3.01. The maximum Gasteiger partial charge on any atom is 0.276 e. The molecule has 1 N–H and O–H groups in total. The quantitative estimate of drug-likeness (QED) is 0.782. The normalized spacial score (nSPS) is 12.8. The van der Waals surface area contributed by atoms with E-state index in [0.717, 1.165) is 23.5 Å². The van der Waals surface area contributed by atoms with Crippen LogP contribution in [0.1, 0.15) is 16.1 Å². The van der Waals surface area contributed by atoms with Gasteiger partial charge < -0.3 is 10.2 Å². The van der Waals surface area contributed by atoms with Crippen LogP contribution in [0.15, 0.2) is 66.9 Å². The van der Waals surface area contributed by atoms with Crippen LogP contribution in [-0.2, 0) is 6.42 Å². The molecule has 0 radical (unpaired) electrons. The van der Waals surface area contributed by atoms with Gasteiger partial charge in [-0.3, -0.25) is 9.78 Å². The third kappa shape index (κ3) is 3.08. The lowest BCUT2D eigenvalue weighted by atomic mass is 10.2. The molecule has 0 aliphatic carbocycles. The summed E-state index contributed by atoms with van der Waals surface area (Å²) in [5, 5.41) is 3.16. The maximum atomic E-state index is 13.0. The highest BCUT2D eigenvalue weighted by atomic mass is 19.1. The molecule has 0 fully saturated rings. The predicted molar refractivity (Wildman–Crippen MR) is 95.7 cm³/mol. The molecule has 25 heavy (non-hydrogen) atoms. The van der Waals surface area contributed by atoms with E-state index >= 15 is 0 Å². The molecule has 3 aromatic rings. The fourth-order valence-corrected chi connectivity index (χ4v) is 3.01. The molecule has 1 amide bonds. The summed E-state index contributed by atoms with van der Waals surface area (Å²) in [7, 11) is 0. The van der Waals surface area contributed by atoms with Gasteiger partial charge >= 0.3 is 0 Å². The van der Waals surface area contributed by atoms with Crippen LogP contribution in [0, 0.1) is 5.82 Å². The molecule has 0 bridgehead atoms. The second-order valence-corrected chi connectivity index (χ2v) is 5.90. The second kappa shape index (κ2) is 6.36. The molecule has 0 unspecified atom stereocenters. The van der Waals surface area contributed by atoms with Crippen molar-refractivity contribution in [2.75, 3.05) is 16.8 Å². The first kappa shape index (κ1) is 15.3. The Balaban J connectivity index is 1.57. The number of anilines is 3. The number of benzene rings is 2. The van der Waals surface area contributed by atoms with Crippen LogP contribution in [0.4, 0.5) is 21.5 Å². The number of nitrogens with one attached hydrogen (secondary N) is 1. The number of carbonyl (C=O) groups excluding carboxylic acids is 1. The standard InChI is InChI=1S/C20H16FN3O/c21-15-5-7-16(8-6-15)23-17-9-11-22-18(13-17)20(25)24-12-10-14-3-1-2-4-19(14)24/h1-9,11,13H,10,12H2,(H,22,23). The van der Waals surface area contributed by atoms with Gasteiger partial charge in [-0.15, -0.1) is 0 Å². The van der Waals surface area contributed by atoms with E-state index in [4.69, 9.17) is 0 Å². The van der Waals surface area contributed by atoms with Crippen molar-refractivity contribution in [3.8, 4) is 0 Å². The average molecular weight is 333 g/mol. The molecule has 1 aromatic heterocycles. The Hall–Kier alpha value is -3.21. The summed E-state index contributed by atoms with van der Waals surface area (Å²) in [6.07, 6.45) is 2.45. The Morgan fingerprint density at radius 1 is 1.04 bits per heavy atom. The molecule has 124 valence electrons. The fraction of sp³-hybridized carbons (Fsp3) is 0.100. The van der Waals surface area contributed by atoms with Crippen molar-refractivity contribution in [3.63, 3.8) is 0 Å². The first-order valence-corrected chi connectivity index (χ1v) is 8.09. The summed E-state index contributed by atoms with van der Waals surface area (Å²) < 4.78 is 13.0. The monoisotopic (exact) mass is 333 g/mol. The van der Waals surface area contributed by atoms with Gasteiger partial charge in [-0.1, -0.05) is 18.2 Å². The van der Waals surface area contributed by atoms with Crippen LogP contribution in [0.5, 0.6) is 0 Å². The Bertz CT molecular complexity index is 924. The van der Waals surface area contributed by atoms with Gasteiger partial charge in [-0.2, -0.15) is 0 Å². The molecular weight excluding hydrogens is 317 g/mol. The zero-order valence-electron chi connectivity index (χ0n) is 13.4. The van der Waals surface area contributed by atoms with Gasteiger partial charge in [0.25, 0.3) is 5.91 Å². The van der Waals surface area contributed by atoms with E-state index in [2.05, 4.69) is 10.3 Å². The van der Waals surface area contributed by atoms with Crippen molar-refractivity contribution < 1.29 is 9.18 Å². The molecule has 2 aromatic carbocycles. The van der Waals surface area contributed by atoms with Gasteiger partial charge in [-0.25, -0.2) is 4.39 Å². The molecule has 1 aliphatic rings. The molecule has 0 saturated heterocycles. The van der Waals surface area contributed by atoms with Gasteiger partial charge in [-0.05, 0) is 54.4 Å². The largest absolute Gasteiger partial charge is 0.355 e. The minimum Gasteiger partial charge on any atom is -0.355 e. The van der Waals surface area contributed by atoms with Gasteiger partial charge in [0, 0.05) is 29.8 Å². The van der Waals surface area contributed by atoms with Gasteiger partial charge in [0.1, 0.15) is 11.5 Å². The van der Waals surface area contributed by atoms with Crippen LogP contribution in [-0.4, -0.2) is 17.4 Å². The SMILES string of the molecule is O=C(c1cc(Nc2ccc(F)cc2)ccn1)N1CCc2ccccc21. The summed E-state index contributed by atoms with van der Waals surface area (Å²) >= 11 is 0. The van der Waals surface area contributed by atoms with Crippen LogP contribution in [0.2, 0.25) is 0 Å². The van der Waals surface area contributed by atoms with Gasteiger partial charge in [0.2, 0.25) is 0 Å². The number of halogens is 1. The van der Waals surface area contributed by atoms with E-state index in [9.17, 15) is 9.18 Å². The number of fused-ring (bicyclic) bond motifs is 1. The number of aromatic nitrogens is 1. The molecule has 4 nitrogen and oxygen atoms in total. The number of rotatable bonds is 3. The van der Waals surface area contributed by atoms with Crippen molar-refractivity contribution in [1.29, 1.82) is 0 Å². The van der Waals surface area contributed by atoms with E-state index in [1.165, 1.54) is 17.7 Å². The Labute approximate surface area is 144 Å². The van der Waals surface area contributed by atoms with Crippen LogP contribution in [0.3, 0.4) is 0 Å². The van der Waals surface area contributed by atoms with Crippen molar-refractivity contribution in [1.82, 2.24) is 4.98 Å². The third-order valence-corrected chi connectivity index (χ3v) is 4.24. The first-order valence-electron chi connectivity index (χ1n) is 8.09. The number of nitrogens with zero attached hydrogens (tertiary/aromatic N) is 2. The lowest BCUT2D eigenvalue weighted by Crippen LogP contribution is -2.29. The molecule has 5 heteroatoms. The highest BCUT2D eigenvalue weighted by molar-refractivity contribution is 6.06. The molecule has 0 spiro atoms. The Morgan fingerprint density at radius 2 is 1.84 bits per heavy atom. The number of para-hydroxylation sites is 1. The van der Waals surface area contributed by atoms with E-state index in [-0.39, 0.29) is 11.7 Å². The number of hydrogen-bond donors (Lipinski definition) is 1. The molecule has 1 aliphatic heterocycles. The Morgan fingerprint density at radius 3 is 2.68 bits per heavy atom.